The van der Waals surface area contributed by atoms with Gasteiger partial charge in [0.1, 0.15) is 0 Å². The third-order valence-corrected chi connectivity index (χ3v) is 4.37. The fourth-order valence-corrected chi connectivity index (χ4v) is 2.79. The quantitative estimate of drug-likeness (QED) is 0.252. The molecule has 0 fully saturated rings. The van der Waals surface area contributed by atoms with Crippen molar-refractivity contribution in [2.24, 2.45) is 0 Å². The van der Waals surface area contributed by atoms with E-state index in [0.717, 1.165) is 0 Å². The molecule has 0 bridgehead atoms. The molecule has 0 aromatic heterocycles. The zero-order valence-corrected chi connectivity index (χ0v) is 10.3. The van der Waals surface area contributed by atoms with Crippen LogP contribution >= 0.6 is 0 Å². The molecule has 0 saturated carbocycles. The number of carbonyl (C=O) groups excluding carboxylic acids is 1. The normalized spacial score (nSPS) is 14.2. The van der Waals surface area contributed by atoms with Gasteiger partial charge in [0.25, 0.3) is 0 Å². The van der Waals surface area contributed by atoms with Crippen LogP contribution in [0.5, 0.6) is 0 Å². The number of carbonyl (C=O) groups is 1. The summed E-state index contributed by atoms with van der Waals surface area (Å²) in [7, 11) is 0. The fourth-order valence-electron chi connectivity index (χ4n) is 1.14. The van der Waals surface area contributed by atoms with E-state index in [1.807, 2.05) is 0 Å². The molecule has 1 unspecified atom stereocenters. The number of amides is 1. The minimum absolute atomic E-state index is 0.100. The van der Waals surface area contributed by atoms with Crippen LogP contribution in [-0.2, 0) is 12.4 Å². The van der Waals surface area contributed by atoms with E-state index in [1.165, 1.54) is 25.1 Å². The molecule has 16 heavy (non-hydrogen) atoms. The van der Waals surface area contributed by atoms with Gasteiger partial charge in [-0.15, -0.1) is 0 Å². The molecule has 0 saturated heterocycles. The third kappa shape index (κ3) is 2.65. The van der Waals surface area contributed by atoms with Gasteiger partial charge in [0.2, 0.25) is 0 Å². The monoisotopic (exact) mass is 290 g/mol. The second-order valence-electron chi connectivity index (χ2n) is 3.02. The topological polar surface area (TPSA) is 122 Å². The Balaban J connectivity index is 3.24. The second kappa shape index (κ2) is 4.71. The molecule has 1 rings (SSSR count). The molecule has 1 amide bonds. The first-order valence-corrected chi connectivity index (χ1v) is 7.52. The van der Waals surface area contributed by atoms with Crippen LogP contribution in [-0.4, -0.2) is 29.4 Å². The van der Waals surface area contributed by atoms with Crippen LogP contribution in [0.15, 0.2) is 18.2 Å². The van der Waals surface area contributed by atoms with Gasteiger partial charge in [0.15, 0.2) is 0 Å². The predicted octanol–water partition coefficient (Wildman–Crippen LogP) is -0.714. The third-order valence-electron chi connectivity index (χ3n) is 1.81. The van der Waals surface area contributed by atoms with Crippen LogP contribution < -0.4 is 15.4 Å². The van der Waals surface area contributed by atoms with E-state index < -0.39 is 14.2 Å². The summed E-state index contributed by atoms with van der Waals surface area (Å²) in [5.41, 5.74) is 5.66. The second-order valence-corrected chi connectivity index (χ2v) is 6.56. The van der Waals surface area contributed by atoms with E-state index in [1.54, 1.807) is 0 Å². The van der Waals surface area contributed by atoms with Crippen molar-refractivity contribution in [3.05, 3.63) is 18.2 Å². The van der Waals surface area contributed by atoms with Crippen LogP contribution in [0.25, 0.3) is 0 Å². The summed E-state index contributed by atoms with van der Waals surface area (Å²) in [4.78, 5) is 10.8. The molecule has 0 aliphatic heterocycles. The summed E-state index contributed by atoms with van der Waals surface area (Å²) >= 11 is -5.00. The number of anilines is 2. The number of nitrogens with one attached hydrogen (secondary N) is 1. The number of hydrogen-bond acceptors (Lipinski definition) is 5. The summed E-state index contributed by atoms with van der Waals surface area (Å²) < 4.78 is 24.0. The molecule has 1 aromatic carbocycles. The minimum atomic E-state index is -5.00. The molecule has 7 nitrogen and oxygen atoms in total. The first-order valence-electron chi connectivity index (χ1n) is 4.21. The molecular formula is C8H11AsN2O5. The van der Waals surface area contributed by atoms with Crippen molar-refractivity contribution in [3.63, 3.8) is 0 Å². The molecule has 1 atom stereocenters. The Morgan fingerprint density at radius 2 is 2.19 bits per heavy atom. The van der Waals surface area contributed by atoms with Crippen LogP contribution in [0.4, 0.5) is 11.4 Å². The molecule has 0 heterocycles. The molecule has 0 radical (unpaired) electrons. The number of nitrogens with two attached hydrogens (primary N) is 1. The number of rotatable bonds is 3. The molecule has 0 aliphatic carbocycles. The van der Waals surface area contributed by atoms with Gasteiger partial charge in [-0.1, -0.05) is 0 Å². The van der Waals surface area contributed by atoms with Crippen LogP contribution in [0.3, 0.4) is 0 Å². The average molecular weight is 290 g/mol. The standard InChI is InChI=1S/C8H11AsN2O5/c1-5(12)11-7-4-2-3-6(8(7)10)9(13,14)16-15/h2-4,15H,10H2,1H3,(H,11,12)(H,13,14). The number of para-hydroxylation sites is 1. The molecular weight excluding hydrogens is 279 g/mol. The van der Waals surface area contributed by atoms with Crippen LogP contribution in [0, 0.1) is 0 Å². The van der Waals surface area contributed by atoms with Gasteiger partial charge in [0, 0.05) is 0 Å². The molecule has 88 valence electrons. The van der Waals surface area contributed by atoms with E-state index in [-0.39, 0.29) is 21.6 Å². The number of hydrogen-bond donors (Lipinski definition) is 4. The first kappa shape index (κ1) is 12.8. The zero-order valence-electron chi connectivity index (χ0n) is 8.38. The van der Waals surface area contributed by atoms with Crippen molar-refractivity contribution < 1.29 is 21.8 Å². The summed E-state index contributed by atoms with van der Waals surface area (Å²) in [6.45, 7) is 1.28. The van der Waals surface area contributed by atoms with Crippen molar-refractivity contribution in [1.29, 1.82) is 0 Å². The Hall–Kier alpha value is -1.27. The SMILES string of the molecule is CC(=O)Nc1cccc([As](=O)(O)OO)c1N. The fraction of sp³-hybridized carbons (Fsp3) is 0.125. The first-order chi connectivity index (χ1) is 7.38. The Morgan fingerprint density at radius 1 is 1.56 bits per heavy atom. The van der Waals surface area contributed by atoms with Crippen molar-refractivity contribution >= 4 is 35.8 Å². The maximum atomic E-state index is 11.4. The van der Waals surface area contributed by atoms with E-state index in [0.29, 0.717) is 0 Å². The van der Waals surface area contributed by atoms with Crippen molar-refractivity contribution in [2.75, 3.05) is 11.1 Å². The molecule has 1 aromatic rings. The average Bonchev–Trinajstić information content (AvgIpc) is 2.20. The summed E-state index contributed by atoms with van der Waals surface area (Å²) in [6.07, 6.45) is 0. The number of nitrogen functional groups attached to an aromatic ring is 1. The Morgan fingerprint density at radius 3 is 2.69 bits per heavy atom. The van der Waals surface area contributed by atoms with Gasteiger partial charge in [-0.3, -0.25) is 0 Å². The van der Waals surface area contributed by atoms with Crippen molar-refractivity contribution in [1.82, 2.24) is 0 Å². The van der Waals surface area contributed by atoms with Crippen molar-refractivity contribution in [2.45, 2.75) is 6.92 Å². The summed E-state index contributed by atoms with van der Waals surface area (Å²) in [5.74, 6) is -0.367. The van der Waals surface area contributed by atoms with Gasteiger partial charge in [-0.05, 0) is 0 Å². The Kier molecular flexibility index (Phi) is 3.77. The van der Waals surface area contributed by atoms with Gasteiger partial charge in [0.05, 0.1) is 0 Å². The van der Waals surface area contributed by atoms with Gasteiger partial charge >= 0.3 is 93.7 Å². The molecule has 5 N–H and O–H groups in total. The van der Waals surface area contributed by atoms with E-state index in [2.05, 4.69) is 9.19 Å². The molecule has 0 spiro atoms. The summed E-state index contributed by atoms with van der Waals surface area (Å²) in [6, 6.07) is 4.13. The molecule has 0 aliphatic rings. The maximum absolute atomic E-state index is 11.4. The van der Waals surface area contributed by atoms with E-state index in [9.17, 15) is 12.6 Å². The zero-order chi connectivity index (χ0) is 12.3. The van der Waals surface area contributed by atoms with Crippen LogP contribution in [0.2, 0.25) is 0 Å². The van der Waals surface area contributed by atoms with Gasteiger partial charge < -0.3 is 0 Å². The van der Waals surface area contributed by atoms with Crippen molar-refractivity contribution in [3.8, 4) is 0 Å². The number of benzene rings is 1. The Labute approximate surface area is 94.1 Å². The summed E-state index contributed by atoms with van der Waals surface area (Å²) in [5, 5.41) is 10.7. The van der Waals surface area contributed by atoms with E-state index in [4.69, 9.17) is 11.0 Å². The predicted molar refractivity (Wildman–Crippen MR) is 57.2 cm³/mol. The van der Waals surface area contributed by atoms with Gasteiger partial charge in [-0.2, -0.15) is 0 Å². The Bertz CT molecular complexity index is 462. The van der Waals surface area contributed by atoms with Crippen LogP contribution in [0.1, 0.15) is 6.92 Å². The van der Waals surface area contributed by atoms with E-state index >= 15 is 0 Å². The molecule has 8 heteroatoms. The van der Waals surface area contributed by atoms with Gasteiger partial charge in [-0.25, -0.2) is 0 Å².